The fourth-order valence-electron chi connectivity index (χ4n) is 2.57. The second kappa shape index (κ2) is 5.51. The fraction of sp³-hybridized carbons (Fsp3) is 0.714. The molecule has 2 unspecified atom stereocenters. The number of aryl methyl sites for hydroxylation is 1. The molecule has 1 aliphatic carbocycles. The van der Waals surface area contributed by atoms with E-state index in [1.54, 1.807) is 0 Å². The Labute approximate surface area is 109 Å². The second-order valence-corrected chi connectivity index (χ2v) is 6.54. The van der Waals surface area contributed by atoms with Gasteiger partial charge in [-0.3, -0.25) is 4.90 Å². The summed E-state index contributed by atoms with van der Waals surface area (Å²) in [5.74, 6) is 0. The van der Waals surface area contributed by atoms with Gasteiger partial charge >= 0.3 is 0 Å². The maximum atomic E-state index is 6.34. The first-order valence-electron chi connectivity index (χ1n) is 6.67. The van der Waals surface area contributed by atoms with Crippen LogP contribution in [-0.2, 0) is 0 Å². The van der Waals surface area contributed by atoms with E-state index in [-0.39, 0.29) is 6.04 Å². The molecule has 3 heteroatoms. The zero-order valence-electron chi connectivity index (χ0n) is 11.1. The smallest absolute Gasteiger partial charge is 0.0593 e. The molecule has 2 atom stereocenters. The lowest BCUT2D eigenvalue weighted by molar-refractivity contribution is 0.0957. The van der Waals surface area contributed by atoms with Gasteiger partial charge in [-0.2, -0.15) is 0 Å². The van der Waals surface area contributed by atoms with E-state index in [2.05, 4.69) is 37.9 Å². The summed E-state index contributed by atoms with van der Waals surface area (Å²) in [7, 11) is 2.25. The molecule has 1 aromatic rings. The molecule has 0 bridgehead atoms. The van der Waals surface area contributed by atoms with Crippen molar-refractivity contribution in [3.63, 3.8) is 0 Å². The molecular formula is C14H24N2S. The van der Waals surface area contributed by atoms with Crippen molar-refractivity contribution >= 4 is 11.3 Å². The summed E-state index contributed by atoms with van der Waals surface area (Å²) < 4.78 is 0. The van der Waals surface area contributed by atoms with Crippen LogP contribution in [0.2, 0.25) is 0 Å². The third-order valence-corrected chi connectivity index (χ3v) is 5.09. The summed E-state index contributed by atoms with van der Waals surface area (Å²) in [6.45, 7) is 4.36. The molecule has 1 heterocycles. The Morgan fingerprint density at radius 2 is 2.18 bits per heavy atom. The van der Waals surface area contributed by atoms with Crippen LogP contribution in [0, 0.1) is 6.92 Å². The molecule has 2 rings (SSSR count). The van der Waals surface area contributed by atoms with Crippen molar-refractivity contribution in [2.75, 3.05) is 7.05 Å². The number of hydrogen-bond acceptors (Lipinski definition) is 3. The van der Waals surface area contributed by atoms with Crippen LogP contribution in [0.15, 0.2) is 12.1 Å². The van der Waals surface area contributed by atoms with Crippen molar-refractivity contribution in [3.05, 3.63) is 21.9 Å². The Morgan fingerprint density at radius 3 is 2.59 bits per heavy atom. The van der Waals surface area contributed by atoms with E-state index in [0.717, 1.165) is 12.5 Å². The van der Waals surface area contributed by atoms with E-state index in [9.17, 15) is 0 Å². The first kappa shape index (κ1) is 13.1. The first-order chi connectivity index (χ1) is 8.13. The molecular weight excluding hydrogens is 228 g/mol. The highest BCUT2D eigenvalue weighted by Gasteiger charge is 2.32. The summed E-state index contributed by atoms with van der Waals surface area (Å²) in [5.41, 5.74) is 6.34. The maximum Gasteiger partial charge on any atom is 0.0593 e. The van der Waals surface area contributed by atoms with E-state index in [1.165, 1.54) is 29.0 Å². The summed E-state index contributed by atoms with van der Waals surface area (Å²) in [5, 5.41) is 0. The average molecular weight is 252 g/mol. The molecule has 96 valence electrons. The van der Waals surface area contributed by atoms with E-state index in [4.69, 9.17) is 5.73 Å². The second-order valence-electron chi connectivity index (χ2n) is 5.22. The number of hydrogen-bond donors (Lipinski definition) is 1. The van der Waals surface area contributed by atoms with Gasteiger partial charge in [0.2, 0.25) is 0 Å². The molecule has 1 aromatic heterocycles. The summed E-state index contributed by atoms with van der Waals surface area (Å²) in [6.07, 6.45) is 5.10. The minimum atomic E-state index is 0.249. The van der Waals surface area contributed by atoms with Crippen molar-refractivity contribution in [1.29, 1.82) is 0 Å². The van der Waals surface area contributed by atoms with Crippen LogP contribution < -0.4 is 5.73 Å². The summed E-state index contributed by atoms with van der Waals surface area (Å²) >= 11 is 1.90. The van der Waals surface area contributed by atoms with Gasteiger partial charge in [0.05, 0.1) is 6.04 Å². The van der Waals surface area contributed by atoms with Crippen molar-refractivity contribution in [3.8, 4) is 0 Å². The van der Waals surface area contributed by atoms with Crippen LogP contribution in [0.25, 0.3) is 0 Å². The largest absolute Gasteiger partial charge is 0.326 e. The maximum absolute atomic E-state index is 6.34. The number of likely N-dealkylation sites (N-methyl/N-ethyl adjacent to an activating group) is 1. The van der Waals surface area contributed by atoms with E-state index in [0.29, 0.717) is 6.04 Å². The van der Waals surface area contributed by atoms with Gasteiger partial charge in [0.15, 0.2) is 0 Å². The normalized spacial score (nSPS) is 20.3. The standard InChI is InChI=1S/C14H24N2S/c1-4-12(15)14(13-9-8-10(2)17-13)16(3)11-6-5-7-11/h8-9,11-12,14H,4-7,15H2,1-3H3. The summed E-state index contributed by atoms with van der Waals surface area (Å²) in [6, 6.07) is 5.88. The van der Waals surface area contributed by atoms with Gasteiger partial charge in [-0.25, -0.2) is 0 Å². The molecule has 0 radical (unpaired) electrons. The van der Waals surface area contributed by atoms with Gasteiger partial charge in [-0.1, -0.05) is 13.3 Å². The van der Waals surface area contributed by atoms with Crippen molar-refractivity contribution in [1.82, 2.24) is 4.90 Å². The van der Waals surface area contributed by atoms with Crippen LogP contribution in [-0.4, -0.2) is 24.0 Å². The zero-order valence-corrected chi connectivity index (χ0v) is 12.0. The number of thiophene rings is 1. The SMILES string of the molecule is CCC(N)C(c1ccc(C)s1)N(C)C1CCC1. The van der Waals surface area contributed by atoms with Gasteiger partial charge in [0, 0.05) is 21.8 Å². The molecule has 0 aliphatic heterocycles. The molecule has 1 aliphatic rings. The number of rotatable bonds is 5. The average Bonchev–Trinajstić information content (AvgIpc) is 2.62. The lowest BCUT2D eigenvalue weighted by Crippen LogP contribution is -2.46. The predicted octanol–water partition coefficient (Wildman–Crippen LogP) is 3.32. The Kier molecular flexibility index (Phi) is 4.23. The zero-order chi connectivity index (χ0) is 12.4. The molecule has 2 nitrogen and oxygen atoms in total. The highest BCUT2D eigenvalue weighted by Crippen LogP contribution is 2.35. The van der Waals surface area contributed by atoms with Crippen LogP contribution in [0.1, 0.15) is 48.4 Å². The van der Waals surface area contributed by atoms with Crippen LogP contribution >= 0.6 is 11.3 Å². The third kappa shape index (κ3) is 2.72. The molecule has 17 heavy (non-hydrogen) atoms. The van der Waals surface area contributed by atoms with Crippen molar-refractivity contribution < 1.29 is 0 Å². The highest BCUT2D eigenvalue weighted by molar-refractivity contribution is 7.12. The van der Waals surface area contributed by atoms with Crippen molar-refractivity contribution in [2.24, 2.45) is 5.73 Å². The molecule has 1 fully saturated rings. The minimum absolute atomic E-state index is 0.249. The van der Waals surface area contributed by atoms with Crippen LogP contribution in [0.4, 0.5) is 0 Å². The van der Waals surface area contributed by atoms with Gasteiger partial charge in [-0.15, -0.1) is 11.3 Å². The Morgan fingerprint density at radius 1 is 1.47 bits per heavy atom. The first-order valence-corrected chi connectivity index (χ1v) is 7.49. The Bertz CT molecular complexity index is 357. The predicted molar refractivity (Wildman–Crippen MR) is 75.5 cm³/mol. The molecule has 0 spiro atoms. The topological polar surface area (TPSA) is 29.3 Å². The Hall–Kier alpha value is -0.380. The quantitative estimate of drug-likeness (QED) is 0.871. The molecule has 0 saturated heterocycles. The monoisotopic (exact) mass is 252 g/mol. The molecule has 0 aromatic carbocycles. The third-order valence-electron chi connectivity index (χ3n) is 4.02. The number of nitrogens with zero attached hydrogens (tertiary/aromatic N) is 1. The van der Waals surface area contributed by atoms with Gasteiger partial charge in [0.1, 0.15) is 0 Å². The number of nitrogens with two attached hydrogens (primary N) is 1. The minimum Gasteiger partial charge on any atom is -0.326 e. The molecule has 2 N–H and O–H groups in total. The fourth-order valence-corrected chi connectivity index (χ4v) is 3.68. The van der Waals surface area contributed by atoms with Gasteiger partial charge in [0.25, 0.3) is 0 Å². The van der Waals surface area contributed by atoms with Crippen LogP contribution in [0.5, 0.6) is 0 Å². The highest BCUT2D eigenvalue weighted by atomic mass is 32.1. The summed E-state index contributed by atoms with van der Waals surface area (Å²) in [4.78, 5) is 5.34. The lowest BCUT2D eigenvalue weighted by Gasteiger charge is -2.41. The van der Waals surface area contributed by atoms with E-state index >= 15 is 0 Å². The van der Waals surface area contributed by atoms with Gasteiger partial charge < -0.3 is 5.73 Å². The molecule has 1 saturated carbocycles. The van der Waals surface area contributed by atoms with E-state index in [1.807, 2.05) is 11.3 Å². The molecule has 0 amide bonds. The van der Waals surface area contributed by atoms with Crippen LogP contribution in [0.3, 0.4) is 0 Å². The van der Waals surface area contributed by atoms with E-state index < -0.39 is 0 Å². The van der Waals surface area contributed by atoms with Gasteiger partial charge in [-0.05, 0) is 45.4 Å². The Balaban J connectivity index is 2.17. The lowest BCUT2D eigenvalue weighted by atomic mass is 9.89. The van der Waals surface area contributed by atoms with Crippen molar-refractivity contribution in [2.45, 2.75) is 57.7 Å².